The molecule has 0 unspecified atom stereocenters. The number of hydrogen-bond donors (Lipinski definition) is 3. The topological polar surface area (TPSA) is 194 Å². The lowest BCUT2D eigenvalue weighted by molar-refractivity contribution is -0.149. The lowest BCUT2D eigenvalue weighted by Crippen LogP contribution is -2.54. The van der Waals surface area contributed by atoms with E-state index in [4.69, 9.17) is 4.74 Å². The lowest BCUT2D eigenvalue weighted by atomic mass is 9.86. The second-order valence-electron chi connectivity index (χ2n) is 15.2. The maximum absolute atomic E-state index is 13.4. The quantitative estimate of drug-likeness (QED) is 0.147. The second-order valence-corrected chi connectivity index (χ2v) is 18.9. The third-order valence-corrected chi connectivity index (χ3v) is 15.0. The fourth-order valence-corrected chi connectivity index (χ4v) is 12.2. The van der Waals surface area contributed by atoms with Crippen LogP contribution in [0.25, 0.3) is 40.9 Å². The Hall–Kier alpha value is -5.34. The number of carbonyl (C=O) groups is 2. The monoisotopic (exact) mass is 863 g/mol. The minimum Gasteiger partial charge on any atom is -0.481 e. The van der Waals surface area contributed by atoms with Crippen LogP contribution in [0.2, 0.25) is 0 Å². The molecule has 3 aliphatic rings. The first-order valence-electron chi connectivity index (χ1n) is 19.4. The zero-order chi connectivity index (χ0) is 40.2. The Morgan fingerprint density at radius 1 is 0.729 bits per heavy atom. The van der Waals surface area contributed by atoms with Crippen LogP contribution < -0.4 is 10.6 Å². The van der Waals surface area contributed by atoms with Crippen molar-refractivity contribution in [3.8, 4) is 0 Å². The molecule has 19 heteroatoms. The molecule has 0 spiro atoms. The van der Waals surface area contributed by atoms with Crippen molar-refractivity contribution in [2.45, 2.75) is 64.5 Å². The number of thiophene rings is 2. The summed E-state index contributed by atoms with van der Waals surface area (Å²) in [6, 6.07) is 12.1. The molecule has 6 aromatic heterocycles. The highest BCUT2D eigenvalue weighted by Gasteiger charge is 2.37. The van der Waals surface area contributed by atoms with Gasteiger partial charge in [-0.1, -0.05) is 8.98 Å². The van der Waals surface area contributed by atoms with E-state index in [2.05, 4.69) is 63.6 Å². The highest BCUT2D eigenvalue weighted by Crippen LogP contribution is 2.42. The summed E-state index contributed by atoms with van der Waals surface area (Å²) in [5, 5.41) is 26.4. The maximum Gasteiger partial charge on any atom is 0.306 e. The summed E-state index contributed by atoms with van der Waals surface area (Å²) < 4.78 is 15.6. The SMILES string of the molecule is C[C@@H]1COC[C@@H](C)N1C(=O)[C@H]1CCc2c(sc3ncnc(Nc4ccc5nnsc5c4)c23)C1.O=C(O)[C@H]1CCc2c(sc3ncnc(Nc4ccc5nnsc5c4)c23)C1. The van der Waals surface area contributed by atoms with Gasteiger partial charge in [-0.3, -0.25) is 9.59 Å². The molecule has 300 valence electrons. The van der Waals surface area contributed by atoms with Crippen molar-refractivity contribution in [1.29, 1.82) is 0 Å². The van der Waals surface area contributed by atoms with E-state index in [1.807, 2.05) is 41.3 Å². The number of aromatic nitrogens is 8. The minimum absolute atomic E-state index is 0.0131. The van der Waals surface area contributed by atoms with E-state index in [9.17, 15) is 14.7 Å². The number of carboxylic acids is 1. The number of anilines is 4. The van der Waals surface area contributed by atoms with Crippen LogP contribution in [0.5, 0.6) is 0 Å². The zero-order valence-electron chi connectivity index (χ0n) is 31.9. The Morgan fingerprint density at radius 2 is 1.24 bits per heavy atom. The normalized spacial score (nSPS) is 20.3. The van der Waals surface area contributed by atoms with Gasteiger partial charge in [0.15, 0.2) is 0 Å². The molecule has 1 aliphatic heterocycles. The molecule has 11 rings (SSSR count). The first-order valence-corrected chi connectivity index (χ1v) is 22.6. The van der Waals surface area contributed by atoms with Gasteiger partial charge in [0.25, 0.3) is 0 Å². The van der Waals surface area contributed by atoms with Crippen molar-refractivity contribution in [2.75, 3.05) is 23.8 Å². The lowest BCUT2D eigenvalue weighted by Gasteiger charge is -2.41. The van der Waals surface area contributed by atoms with Crippen LogP contribution in [0.4, 0.5) is 23.0 Å². The smallest absolute Gasteiger partial charge is 0.306 e. The Labute approximate surface area is 353 Å². The Morgan fingerprint density at radius 3 is 1.76 bits per heavy atom. The highest BCUT2D eigenvalue weighted by molar-refractivity contribution is 7.19. The van der Waals surface area contributed by atoms with E-state index < -0.39 is 5.97 Å². The molecule has 2 aromatic carbocycles. The number of ether oxygens (including phenoxy) is 1. The minimum atomic E-state index is -0.719. The maximum atomic E-state index is 13.4. The van der Waals surface area contributed by atoms with Crippen LogP contribution in [0.15, 0.2) is 49.1 Å². The van der Waals surface area contributed by atoms with Gasteiger partial charge >= 0.3 is 5.97 Å². The van der Waals surface area contributed by atoms with Crippen molar-refractivity contribution >= 4 is 121 Å². The van der Waals surface area contributed by atoms with Gasteiger partial charge in [-0.05, 0) is 123 Å². The molecule has 7 heterocycles. The van der Waals surface area contributed by atoms with Crippen LogP contribution in [0.3, 0.4) is 0 Å². The van der Waals surface area contributed by atoms with Gasteiger partial charge in [-0.25, -0.2) is 19.9 Å². The van der Waals surface area contributed by atoms with Gasteiger partial charge in [-0.2, -0.15) is 0 Å². The van der Waals surface area contributed by atoms with E-state index >= 15 is 0 Å². The van der Waals surface area contributed by atoms with Crippen molar-refractivity contribution in [1.82, 2.24) is 44.0 Å². The Bertz CT molecular complexity index is 2880. The Balaban J connectivity index is 0.000000147. The predicted octanol–water partition coefficient (Wildman–Crippen LogP) is 7.81. The molecule has 3 N–H and O–H groups in total. The summed E-state index contributed by atoms with van der Waals surface area (Å²) in [6.45, 7) is 5.39. The molecule has 0 bridgehead atoms. The molecule has 1 saturated heterocycles. The molecular weight excluding hydrogens is 827 g/mol. The number of carbonyl (C=O) groups excluding carboxylic acids is 1. The largest absolute Gasteiger partial charge is 0.481 e. The number of morpholine rings is 1. The molecule has 4 atom stereocenters. The third kappa shape index (κ3) is 7.24. The number of carboxylic acid groups (broad SMARTS) is 1. The van der Waals surface area contributed by atoms with Crippen molar-refractivity contribution in [2.24, 2.45) is 11.8 Å². The number of aliphatic carboxylic acids is 1. The predicted molar refractivity (Wildman–Crippen MR) is 231 cm³/mol. The number of nitrogens with one attached hydrogen (secondary N) is 2. The summed E-state index contributed by atoms with van der Waals surface area (Å²) in [6.07, 6.45) is 7.61. The van der Waals surface area contributed by atoms with Crippen LogP contribution in [-0.4, -0.2) is 86.3 Å². The number of rotatable bonds is 6. The number of fused-ring (bicyclic) bond motifs is 8. The van der Waals surface area contributed by atoms with E-state index in [1.165, 1.54) is 39.1 Å². The van der Waals surface area contributed by atoms with Crippen LogP contribution >= 0.6 is 45.7 Å². The number of hydrogen-bond acceptors (Lipinski definition) is 17. The summed E-state index contributed by atoms with van der Waals surface area (Å²) in [7, 11) is 0. The molecule has 0 radical (unpaired) electrons. The van der Waals surface area contributed by atoms with Gasteiger partial charge in [0.1, 0.15) is 45.0 Å². The van der Waals surface area contributed by atoms with Crippen molar-refractivity contribution in [3.05, 3.63) is 69.9 Å². The van der Waals surface area contributed by atoms with Crippen molar-refractivity contribution < 1.29 is 19.4 Å². The van der Waals surface area contributed by atoms with Crippen molar-refractivity contribution in [3.63, 3.8) is 0 Å². The fraction of sp³-hybridized carbons (Fsp3) is 0.350. The molecule has 2 aliphatic carbocycles. The first-order chi connectivity index (χ1) is 28.8. The van der Waals surface area contributed by atoms with Gasteiger partial charge in [0, 0.05) is 27.0 Å². The number of amides is 1. The fourth-order valence-electron chi connectivity index (χ4n) is 8.47. The standard InChI is InChI=1S/C23H24N6O2S2.C17H13N5O2S2/c1-12-9-31-10-13(2)29(12)23(30)14-3-5-16-18(7-14)32-22-20(16)21(24-11-25-22)26-15-4-6-17-19(8-15)33-28-27-17;23-17(24)8-1-3-10-12(5-8)25-16-14(10)15(18-7-19-16)20-9-2-4-11-13(6-9)26-22-21-11/h4,6,8,11-14H,3,5,7,9-10H2,1-2H3,(H,24,25,26);2,4,6-8H,1,3,5H2,(H,23,24)(H,18,19,20)/t12-,13-,14+;8-/m10/s1. The van der Waals surface area contributed by atoms with Gasteiger partial charge in [0.2, 0.25) is 5.91 Å². The highest BCUT2D eigenvalue weighted by atomic mass is 32.1. The number of nitrogens with zero attached hydrogens (tertiary/aromatic N) is 9. The summed E-state index contributed by atoms with van der Waals surface area (Å²) in [5.74, 6) is 0.828. The molecule has 8 aromatic rings. The van der Waals surface area contributed by atoms with E-state index in [1.54, 1.807) is 35.3 Å². The molecule has 1 fully saturated rings. The molecule has 59 heavy (non-hydrogen) atoms. The molecule has 0 saturated carbocycles. The number of benzene rings is 2. The molecule has 1 amide bonds. The van der Waals surface area contributed by atoms with E-state index in [0.717, 1.165) is 94.4 Å². The van der Waals surface area contributed by atoms with Crippen LogP contribution in [0.1, 0.15) is 47.6 Å². The molecule has 15 nitrogen and oxygen atoms in total. The summed E-state index contributed by atoms with van der Waals surface area (Å²) >= 11 is 6.01. The van der Waals surface area contributed by atoms with Gasteiger partial charge in [0.05, 0.1) is 51.4 Å². The molecular formula is C40H37N11O4S4. The summed E-state index contributed by atoms with van der Waals surface area (Å²) in [5.41, 5.74) is 6.11. The van der Waals surface area contributed by atoms with E-state index in [0.29, 0.717) is 26.1 Å². The average molecular weight is 864 g/mol. The van der Waals surface area contributed by atoms with Gasteiger partial charge < -0.3 is 25.4 Å². The van der Waals surface area contributed by atoms with Crippen LogP contribution in [0, 0.1) is 11.8 Å². The van der Waals surface area contributed by atoms with Crippen LogP contribution in [-0.2, 0) is 40.0 Å². The van der Waals surface area contributed by atoms with Gasteiger partial charge in [-0.15, -0.1) is 32.9 Å². The number of aryl methyl sites for hydroxylation is 2. The summed E-state index contributed by atoms with van der Waals surface area (Å²) in [4.78, 5) is 49.0. The average Bonchev–Trinajstić information content (AvgIpc) is 4.05. The third-order valence-electron chi connectivity index (χ3n) is 11.3. The second kappa shape index (κ2) is 15.7. The first kappa shape index (κ1) is 37.9. The van der Waals surface area contributed by atoms with E-state index in [-0.39, 0.29) is 29.8 Å². The zero-order valence-corrected chi connectivity index (χ0v) is 35.2. The Kier molecular flexibility index (Phi) is 10.1.